The molecule has 0 bridgehead atoms. The van der Waals surface area contributed by atoms with E-state index in [9.17, 15) is 13.2 Å². The summed E-state index contributed by atoms with van der Waals surface area (Å²) in [5, 5.41) is 0.0569. The minimum atomic E-state index is -3.78. The molecule has 1 heterocycles. The van der Waals surface area contributed by atoms with Crippen LogP contribution in [0, 0.1) is 0 Å². The van der Waals surface area contributed by atoms with Gasteiger partial charge in [0.15, 0.2) is 0 Å². The first-order valence-electron chi connectivity index (χ1n) is 6.88. The predicted molar refractivity (Wildman–Crippen MR) is 83.2 cm³/mol. The van der Waals surface area contributed by atoms with E-state index in [2.05, 4.69) is 4.74 Å². The van der Waals surface area contributed by atoms with E-state index < -0.39 is 16.0 Å². The van der Waals surface area contributed by atoms with Gasteiger partial charge in [-0.15, -0.1) is 0 Å². The van der Waals surface area contributed by atoms with Crippen LogP contribution in [-0.2, 0) is 24.2 Å². The van der Waals surface area contributed by atoms with Crippen LogP contribution in [0.25, 0.3) is 0 Å². The SMILES string of the molecule is COCCOC1CN(S(=O)(=O)c2cc(C(=O)OC)ccc2Cl)C1. The number of ether oxygens (including phenoxy) is 3. The van der Waals surface area contributed by atoms with Crippen molar-refractivity contribution in [2.75, 3.05) is 40.5 Å². The van der Waals surface area contributed by atoms with Crippen molar-refractivity contribution in [2.24, 2.45) is 0 Å². The second-order valence-corrected chi connectivity index (χ2v) is 7.26. The van der Waals surface area contributed by atoms with Gasteiger partial charge in [0.1, 0.15) is 4.90 Å². The zero-order valence-electron chi connectivity index (χ0n) is 12.8. The first kappa shape index (κ1) is 18.2. The molecule has 128 valence electrons. The number of carbonyl (C=O) groups is 1. The fourth-order valence-corrected chi connectivity index (χ4v) is 4.09. The number of halogens is 1. The van der Waals surface area contributed by atoms with Gasteiger partial charge in [-0.1, -0.05) is 11.6 Å². The second-order valence-electron chi connectivity index (χ2n) is 4.94. The van der Waals surface area contributed by atoms with Crippen LogP contribution in [0.15, 0.2) is 23.1 Å². The van der Waals surface area contributed by atoms with Crippen LogP contribution in [0.4, 0.5) is 0 Å². The highest BCUT2D eigenvalue weighted by molar-refractivity contribution is 7.89. The van der Waals surface area contributed by atoms with Crippen LogP contribution in [0.1, 0.15) is 10.4 Å². The van der Waals surface area contributed by atoms with Crippen LogP contribution in [-0.4, -0.2) is 65.3 Å². The summed E-state index contributed by atoms with van der Waals surface area (Å²) in [7, 11) is -0.987. The summed E-state index contributed by atoms with van der Waals surface area (Å²) in [6, 6.07) is 4.01. The Labute approximate surface area is 140 Å². The van der Waals surface area contributed by atoms with Crippen LogP contribution in [0.2, 0.25) is 5.02 Å². The molecule has 1 aromatic carbocycles. The standard InChI is InChI=1S/C14H18ClNO6S/c1-20-5-6-22-11-8-16(9-11)23(18,19)13-7-10(14(17)21-2)3-4-12(13)15/h3-4,7,11H,5-6,8-9H2,1-2H3. The van der Waals surface area contributed by atoms with Crippen LogP contribution in [0.5, 0.6) is 0 Å². The molecule has 9 heteroatoms. The fourth-order valence-electron chi connectivity index (χ4n) is 2.09. The number of methoxy groups -OCH3 is 2. The quantitative estimate of drug-likeness (QED) is 0.534. The van der Waals surface area contributed by atoms with Gasteiger partial charge in [0, 0.05) is 20.2 Å². The van der Waals surface area contributed by atoms with Crippen molar-refractivity contribution in [3.05, 3.63) is 28.8 Å². The van der Waals surface area contributed by atoms with E-state index in [-0.39, 0.29) is 34.7 Å². The first-order valence-corrected chi connectivity index (χ1v) is 8.70. The predicted octanol–water partition coefficient (Wildman–Crippen LogP) is 1.16. The number of benzene rings is 1. The molecule has 0 saturated carbocycles. The van der Waals surface area contributed by atoms with Gasteiger partial charge in [-0.2, -0.15) is 4.31 Å². The largest absolute Gasteiger partial charge is 0.465 e. The Morgan fingerprint density at radius 3 is 2.61 bits per heavy atom. The minimum absolute atomic E-state index is 0.0569. The summed E-state index contributed by atoms with van der Waals surface area (Å²) >= 11 is 5.99. The van der Waals surface area contributed by atoms with E-state index in [4.69, 9.17) is 21.1 Å². The molecule has 7 nitrogen and oxygen atoms in total. The van der Waals surface area contributed by atoms with Gasteiger partial charge in [-0.05, 0) is 18.2 Å². The molecule has 0 aliphatic carbocycles. The molecule has 1 aliphatic heterocycles. The number of nitrogens with zero attached hydrogens (tertiary/aromatic N) is 1. The Balaban J connectivity index is 2.10. The van der Waals surface area contributed by atoms with Crippen molar-refractivity contribution in [2.45, 2.75) is 11.0 Å². The van der Waals surface area contributed by atoms with E-state index in [0.29, 0.717) is 13.2 Å². The third kappa shape index (κ3) is 4.02. The highest BCUT2D eigenvalue weighted by atomic mass is 35.5. The molecule has 0 unspecified atom stereocenters. The van der Waals surface area contributed by atoms with Gasteiger partial charge in [-0.25, -0.2) is 13.2 Å². The van der Waals surface area contributed by atoms with Crippen LogP contribution in [0.3, 0.4) is 0 Å². The lowest BCUT2D eigenvalue weighted by atomic mass is 10.2. The second kappa shape index (κ2) is 7.59. The lowest BCUT2D eigenvalue weighted by Crippen LogP contribution is -2.54. The van der Waals surface area contributed by atoms with Gasteiger partial charge in [0.2, 0.25) is 10.0 Å². The van der Waals surface area contributed by atoms with E-state index >= 15 is 0 Å². The summed E-state index contributed by atoms with van der Waals surface area (Å²) in [5.74, 6) is -0.623. The lowest BCUT2D eigenvalue weighted by Gasteiger charge is -2.37. The van der Waals surface area contributed by atoms with Crippen LogP contribution >= 0.6 is 11.6 Å². The number of hydrogen-bond donors (Lipinski definition) is 0. The highest BCUT2D eigenvalue weighted by Gasteiger charge is 2.38. The lowest BCUT2D eigenvalue weighted by molar-refractivity contribution is -0.0380. The van der Waals surface area contributed by atoms with Crippen molar-refractivity contribution in [1.29, 1.82) is 0 Å². The normalized spacial score (nSPS) is 16.1. The molecule has 1 fully saturated rings. The molecular formula is C14H18ClNO6S. The van der Waals surface area contributed by atoms with Gasteiger partial charge in [-0.3, -0.25) is 0 Å². The Hall–Kier alpha value is -1.19. The third-order valence-electron chi connectivity index (χ3n) is 3.43. The first-order chi connectivity index (χ1) is 10.9. The number of sulfonamides is 1. The number of carbonyl (C=O) groups excluding carboxylic acids is 1. The summed E-state index contributed by atoms with van der Waals surface area (Å²) < 4.78 is 41.3. The van der Waals surface area contributed by atoms with E-state index in [1.165, 1.54) is 29.6 Å². The molecule has 23 heavy (non-hydrogen) atoms. The molecule has 0 spiro atoms. The highest BCUT2D eigenvalue weighted by Crippen LogP contribution is 2.29. The third-order valence-corrected chi connectivity index (χ3v) is 5.74. The maximum absolute atomic E-state index is 12.6. The summed E-state index contributed by atoms with van der Waals surface area (Å²) in [6.07, 6.45) is -0.164. The number of esters is 1. The van der Waals surface area contributed by atoms with E-state index in [1.54, 1.807) is 7.11 Å². The molecule has 0 aromatic heterocycles. The Morgan fingerprint density at radius 1 is 1.30 bits per heavy atom. The zero-order chi connectivity index (χ0) is 17.0. The van der Waals surface area contributed by atoms with Gasteiger partial charge in [0.05, 0.1) is 37.0 Å². The van der Waals surface area contributed by atoms with Crippen molar-refractivity contribution in [3.8, 4) is 0 Å². The molecule has 2 rings (SSSR count). The molecule has 1 aromatic rings. The summed E-state index contributed by atoms with van der Waals surface area (Å²) in [4.78, 5) is 11.4. The van der Waals surface area contributed by atoms with Crippen LogP contribution < -0.4 is 0 Å². The van der Waals surface area contributed by atoms with Crippen molar-refractivity contribution < 1.29 is 27.4 Å². The molecule has 0 atom stereocenters. The number of rotatable bonds is 7. The van der Waals surface area contributed by atoms with Gasteiger partial charge in [0.25, 0.3) is 0 Å². The molecule has 0 N–H and O–H groups in total. The Bertz CT molecular complexity index is 672. The Morgan fingerprint density at radius 2 is 2.00 bits per heavy atom. The van der Waals surface area contributed by atoms with Crippen molar-refractivity contribution in [3.63, 3.8) is 0 Å². The van der Waals surface area contributed by atoms with Gasteiger partial charge < -0.3 is 14.2 Å². The molecular weight excluding hydrogens is 346 g/mol. The molecule has 1 aliphatic rings. The molecule has 0 radical (unpaired) electrons. The monoisotopic (exact) mass is 363 g/mol. The molecule has 1 saturated heterocycles. The fraction of sp³-hybridized carbons (Fsp3) is 0.500. The average Bonchev–Trinajstić information content (AvgIpc) is 2.48. The molecule has 0 amide bonds. The summed E-state index contributed by atoms with van der Waals surface area (Å²) in [5.41, 5.74) is 0.129. The van der Waals surface area contributed by atoms with E-state index in [1.807, 2.05) is 0 Å². The maximum Gasteiger partial charge on any atom is 0.337 e. The minimum Gasteiger partial charge on any atom is -0.465 e. The maximum atomic E-state index is 12.6. The topological polar surface area (TPSA) is 82.1 Å². The Kier molecular flexibility index (Phi) is 5.99. The van der Waals surface area contributed by atoms with Gasteiger partial charge >= 0.3 is 5.97 Å². The average molecular weight is 364 g/mol. The number of hydrogen-bond acceptors (Lipinski definition) is 6. The van der Waals surface area contributed by atoms with Crippen molar-refractivity contribution >= 4 is 27.6 Å². The summed E-state index contributed by atoms with van der Waals surface area (Å²) in [6.45, 7) is 1.35. The smallest absolute Gasteiger partial charge is 0.337 e. The van der Waals surface area contributed by atoms with E-state index in [0.717, 1.165) is 0 Å². The zero-order valence-corrected chi connectivity index (χ0v) is 14.4. The van der Waals surface area contributed by atoms with Crippen molar-refractivity contribution in [1.82, 2.24) is 4.31 Å².